The average Bonchev–Trinajstić information content (AvgIpc) is 3.50. The third-order valence-electron chi connectivity index (χ3n) is 13.2. The second kappa shape index (κ2) is 12.9. The summed E-state index contributed by atoms with van der Waals surface area (Å²) in [5.74, 6) is 3.39. The van der Waals surface area contributed by atoms with Crippen molar-refractivity contribution in [3.05, 3.63) is 116 Å². The maximum atomic E-state index is 4.30. The predicted octanol–water partition coefficient (Wildman–Crippen LogP) is 12.0. The van der Waals surface area contributed by atoms with E-state index in [0.717, 1.165) is 17.6 Å². The summed E-state index contributed by atoms with van der Waals surface area (Å²) < 4.78 is 0. The molecule has 9 aliphatic rings. The molecule has 0 spiro atoms. The molecule has 0 aromatic heterocycles. The van der Waals surface area contributed by atoms with Gasteiger partial charge >= 0.3 is 0 Å². The number of rotatable bonds is 5. The van der Waals surface area contributed by atoms with Gasteiger partial charge in [-0.1, -0.05) is 71.4 Å². The van der Waals surface area contributed by atoms with Crippen molar-refractivity contribution in [3.63, 3.8) is 0 Å². The van der Waals surface area contributed by atoms with Gasteiger partial charge in [-0.3, -0.25) is 0 Å². The highest BCUT2D eigenvalue weighted by Crippen LogP contribution is 2.55. The van der Waals surface area contributed by atoms with Crippen LogP contribution in [0.3, 0.4) is 0 Å². The van der Waals surface area contributed by atoms with Gasteiger partial charge in [0.05, 0.1) is 0 Å². The lowest BCUT2D eigenvalue weighted by atomic mass is 9.69. The van der Waals surface area contributed by atoms with Crippen molar-refractivity contribution < 1.29 is 0 Å². The molecule has 1 aliphatic heterocycles. The van der Waals surface area contributed by atoms with Crippen molar-refractivity contribution in [3.8, 4) is 0 Å². The molecule has 0 bridgehead atoms. The van der Waals surface area contributed by atoms with E-state index in [1.165, 1.54) is 115 Å². The molecule has 46 heavy (non-hydrogen) atoms. The summed E-state index contributed by atoms with van der Waals surface area (Å²) in [4.78, 5) is 1.76. The molecular weight excluding hydrogens is 575 g/mol. The number of fused-ring (bicyclic) bond motifs is 2. The van der Waals surface area contributed by atoms with Crippen molar-refractivity contribution in [2.24, 2.45) is 29.6 Å². The van der Waals surface area contributed by atoms with Gasteiger partial charge in [0.25, 0.3) is 0 Å². The summed E-state index contributed by atoms with van der Waals surface area (Å²) in [5.41, 5.74) is 15.5. The molecule has 8 aliphatic carbocycles. The van der Waals surface area contributed by atoms with Crippen LogP contribution in [0.2, 0.25) is 0 Å². The van der Waals surface area contributed by atoms with Gasteiger partial charge in [-0.05, 0) is 178 Å². The van der Waals surface area contributed by atoms with Gasteiger partial charge in [-0.15, -0.1) is 11.8 Å². The van der Waals surface area contributed by atoms with E-state index in [0.29, 0.717) is 23.7 Å². The molecule has 0 aromatic rings. The van der Waals surface area contributed by atoms with E-state index < -0.39 is 0 Å². The Morgan fingerprint density at radius 2 is 1.67 bits per heavy atom. The number of hydrogen-bond donors (Lipinski definition) is 1. The highest BCUT2D eigenvalue weighted by atomic mass is 32.2. The summed E-state index contributed by atoms with van der Waals surface area (Å²) in [6.45, 7) is 0. The number of allylic oxidation sites excluding steroid dienone is 19. The van der Waals surface area contributed by atoms with Gasteiger partial charge in [0.2, 0.25) is 0 Å². The van der Waals surface area contributed by atoms with Crippen LogP contribution in [-0.4, -0.2) is 5.25 Å². The fraction of sp³-hybridized carbons (Fsp3) is 0.545. The van der Waals surface area contributed by atoms with Crippen LogP contribution >= 0.6 is 11.8 Å². The largest absolute Gasteiger partial charge is 0.362 e. The Kier molecular flexibility index (Phi) is 8.30. The molecule has 240 valence electrons. The second-order valence-corrected chi connectivity index (χ2v) is 17.1. The lowest BCUT2D eigenvalue weighted by molar-refractivity contribution is 0.432. The van der Waals surface area contributed by atoms with E-state index in [9.17, 15) is 0 Å². The molecule has 0 aromatic carbocycles. The van der Waals surface area contributed by atoms with Gasteiger partial charge < -0.3 is 5.32 Å². The van der Waals surface area contributed by atoms with Crippen molar-refractivity contribution in [1.29, 1.82) is 0 Å². The first-order chi connectivity index (χ1) is 22.8. The quantitative estimate of drug-likeness (QED) is 0.304. The Morgan fingerprint density at radius 3 is 2.63 bits per heavy atom. The smallest absolute Gasteiger partial charge is 0.0337 e. The molecule has 9 rings (SSSR count). The fourth-order valence-corrected chi connectivity index (χ4v) is 12.4. The molecule has 1 N–H and O–H groups in total. The van der Waals surface area contributed by atoms with E-state index in [2.05, 4.69) is 77.8 Å². The van der Waals surface area contributed by atoms with E-state index in [4.69, 9.17) is 0 Å². The molecule has 0 amide bonds. The van der Waals surface area contributed by atoms with Crippen molar-refractivity contribution in [2.45, 2.75) is 121 Å². The van der Waals surface area contributed by atoms with E-state index in [1.54, 1.807) is 38.5 Å². The molecule has 1 heterocycles. The lowest BCUT2D eigenvalue weighted by Crippen LogP contribution is -2.28. The predicted molar refractivity (Wildman–Crippen MR) is 196 cm³/mol. The Morgan fingerprint density at radius 1 is 0.717 bits per heavy atom. The standard InChI is InChI=1S/C44H53NS/c1-2-10-29(11-3-1)35-25-36(33-21-23-43-40(28-33)39-16-8-9-17-42(39)46-43)27-37(26-35)45-41-22-20-31-13-6-7-15-38(31)44(41)34-19-18-30-12-4-5-14-32(30)24-34/h1-3,5,9-10,14,17,25,27,29,33-35,39,42,45H,4,6-8,11-13,15-16,18-24,26,28H2. The first-order valence-electron chi connectivity index (χ1n) is 19.2. The fourth-order valence-electron chi connectivity index (χ4n) is 10.8. The van der Waals surface area contributed by atoms with Crippen LogP contribution in [-0.2, 0) is 0 Å². The summed E-state index contributed by atoms with van der Waals surface area (Å²) in [6, 6.07) is 0. The minimum atomic E-state index is 0.592. The molecule has 0 saturated heterocycles. The molecule has 0 radical (unpaired) electrons. The second-order valence-electron chi connectivity index (χ2n) is 15.8. The third-order valence-corrected chi connectivity index (χ3v) is 14.7. The van der Waals surface area contributed by atoms with Crippen LogP contribution in [0.1, 0.15) is 116 Å². The van der Waals surface area contributed by atoms with E-state index in [1.807, 2.05) is 11.1 Å². The summed E-state index contributed by atoms with van der Waals surface area (Å²) in [7, 11) is 0. The Hall–Kier alpha value is -2.45. The van der Waals surface area contributed by atoms with Gasteiger partial charge in [0, 0.05) is 16.6 Å². The normalized spacial score (nSPS) is 35.5. The zero-order chi connectivity index (χ0) is 30.5. The van der Waals surface area contributed by atoms with Gasteiger partial charge in [-0.2, -0.15) is 0 Å². The zero-order valence-electron chi connectivity index (χ0n) is 27.9. The van der Waals surface area contributed by atoms with Crippen LogP contribution < -0.4 is 5.32 Å². The van der Waals surface area contributed by atoms with E-state index in [-0.39, 0.29) is 0 Å². The first-order valence-corrected chi connectivity index (χ1v) is 20.0. The van der Waals surface area contributed by atoms with Crippen LogP contribution in [0, 0.1) is 29.6 Å². The number of nitrogens with one attached hydrogen (secondary N) is 1. The Bertz CT molecular complexity index is 1580. The van der Waals surface area contributed by atoms with Crippen molar-refractivity contribution in [1.82, 2.24) is 5.32 Å². The molecule has 6 atom stereocenters. The van der Waals surface area contributed by atoms with Gasteiger partial charge in [0.15, 0.2) is 0 Å². The topological polar surface area (TPSA) is 12.0 Å². The van der Waals surface area contributed by atoms with Crippen molar-refractivity contribution >= 4 is 11.8 Å². The minimum Gasteiger partial charge on any atom is -0.362 e. The minimum absolute atomic E-state index is 0.592. The molecule has 0 fully saturated rings. The van der Waals surface area contributed by atoms with Gasteiger partial charge in [0.1, 0.15) is 0 Å². The molecular formula is C44H53NS. The van der Waals surface area contributed by atoms with Gasteiger partial charge in [-0.25, -0.2) is 0 Å². The van der Waals surface area contributed by atoms with Crippen LogP contribution in [0.15, 0.2) is 116 Å². The maximum absolute atomic E-state index is 4.30. The summed E-state index contributed by atoms with van der Waals surface area (Å²) in [5, 5.41) is 5.03. The van der Waals surface area contributed by atoms with Crippen molar-refractivity contribution in [2.75, 3.05) is 0 Å². The highest BCUT2D eigenvalue weighted by molar-refractivity contribution is 8.04. The first kappa shape index (κ1) is 29.7. The maximum Gasteiger partial charge on any atom is 0.0337 e. The SMILES string of the molecule is C1=CCC(C2C=C(C3CCC4=C(C3)C3CCC=CC3S4)C=C(NC3=C(C4CCC5=C(C=CCC5)C4)C4=C(CCCC4)CC3)C2)C=C1. The monoisotopic (exact) mass is 627 g/mol. The average molecular weight is 628 g/mol. The van der Waals surface area contributed by atoms with Crippen LogP contribution in [0.5, 0.6) is 0 Å². The Labute approximate surface area is 282 Å². The highest BCUT2D eigenvalue weighted by Gasteiger charge is 2.39. The van der Waals surface area contributed by atoms with Crippen LogP contribution in [0.25, 0.3) is 0 Å². The summed E-state index contributed by atoms with van der Waals surface area (Å²) >= 11 is 2.21. The lowest BCUT2D eigenvalue weighted by Gasteiger charge is -2.38. The molecule has 0 saturated carbocycles. The van der Waals surface area contributed by atoms with E-state index >= 15 is 0 Å². The number of hydrogen-bond acceptors (Lipinski definition) is 2. The number of thioether (sulfide) groups is 1. The Balaban J connectivity index is 1.04. The van der Waals surface area contributed by atoms with Crippen LogP contribution in [0.4, 0.5) is 0 Å². The summed E-state index contributed by atoms with van der Waals surface area (Å²) in [6.07, 6.45) is 48.1. The molecule has 6 unspecified atom stereocenters. The third kappa shape index (κ3) is 5.69. The molecule has 2 heteroatoms. The zero-order valence-corrected chi connectivity index (χ0v) is 28.7. The molecule has 1 nitrogen and oxygen atoms in total.